The van der Waals surface area contributed by atoms with Crippen LogP contribution in [-0.2, 0) is 0 Å². The molecule has 0 saturated carbocycles. The molecule has 0 saturated heterocycles. The molecule has 4 heteroatoms. The van der Waals surface area contributed by atoms with E-state index in [0.29, 0.717) is 10.6 Å². The maximum atomic E-state index is 12.1. The largest absolute Gasteiger partial charge is 0.345 e. The maximum Gasteiger partial charge on any atom is 0.251 e. The van der Waals surface area contributed by atoms with E-state index in [9.17, 15) is 4.79 Å². The fourth-order valence-electron chi connectivity index (χ4n) is 1.80. The van der Waals surface area contributed by atoms with Gasteiger partial charge in [-0.3, -0.25) is 4.79 Å². The molecule has 2 aromatic rings. The highest BCUT2D eigenvalue weighted by atomic mass is 35.5. The maximum absolute atomic E-state index is 12.1. The van der Waals surface area contributed by atoms with Gasteiger partial charge in [0.1, 0.15) is 0 Å². The van der Waals surface area contributed by atoms with E-state index in [2.05, 4.69) is 17.9 Å². The first kappa shape index (κ1) is 14.0. The SMILES string of the molecule is CC(NC(=O)c1ccc(S)cc1)c1ccccc1Cl. The number of benzene rings is 2. The first-order valence-electron chi connectivity index (χ1n) is 5.92. The second kappa shape index (κ2) is 6.13. The molecule has 98 valence electrons. The third-order valence-electron chi connectivity index (χ3n) is 2.85. The highest BCUT2D eigenvalue weighted by Crippen LogP contribution is 2.22. The van der Waals surface area contributed by atoms with Crippen molar-refractivity contribution in [2.75, 3.05) is 0 Å². The van der Waals surface area contributed by atoms with Crippen molar-refractivity contribution < 1.29 is 4.79 Å². The highest BCUT2D eigenvalue weighted by Gasteiger charge is 2.13. The van der Waals surface area contributed by atoms with Crippen LogP contribution in [0.2, 0.25) is 5.02 Å². The lowest BCUT2D eigenvalue weighted by atomic mass is 10.1. The van der Waals surface area contributed by atoms with E-state index >= 15 is 0 Å². The van der Waals surface area contributed by atoms with Crippen molar-refractivity contribution >= 4 is 30.1 Å². The summed E-state index contributed by atoms with van der Waals surface area (Å²) in [7, 11) is 0. The molecule has 0 aliphatic rings. The van der Waals surface area contributed by atoms with E-state index in [1.807, 2.05) is 31.2 Å². The van der Waals surface area contributed by atoms with Gasteiger partial charge in [-0.2, -0.15) is 0 Å². The molecule has 0 radical (unpaired) electrons. The second-order valence-corrected chi connectivity index (χ2v) is 5.19. The zero-order valence-corrected chi connectivity index (χ0v) is 12.1. The van der Waals surface area contributed by atoms with Gasteiger partial charge in [-0.05, 0) is 42.8 Å². The van der Waals surface area contributed by atoms with Gasteiger partial charge in [0.05, 0.1) is 6.04 Å². The van der Waals surface area contributed by atoms with E-state index in [0.717, 1.165) is 10.5 Å². The molecule has 0 spiro atoms. The van der Waals surface area contributed by atoms with Crippen LogP contribution in [-0.4, -0.2) is 5.91 Å². The summed E-state index contributed by atoms with van der Waals surface area (Å²) >= 11 is 10.3. The Bertz CT molecular complexity index is 583. The summed E-state index contributed by atoms with van der Waals surface area (Å²) in [4.78, 5) is 12.9. The number of thiol groups is 1. The number of hydrogen-bond donors (Lipinski definition) is 2. The van der Waals surface area contributed by atoms with Crippen LogP contribution in [0.15, 0.2) is 53.4 Å². The van der Waals surface area contributed by atoms with Gasteiger partial charge in [-0.1, -0.05) is 29.8 Å². The minimum absolute atomic E-state index is 0.124. The Labute approximate surface area is 123 Å². The van der Waals surface area contributed by atoms with E-state index in [1.165, 1.54) is 0 Å². The molecule has 0 bridgehead atoms. The molecule has 0 aliphatic carbocycles. The number of amides is 1. The van der Waals surface area contributed by atoms with E-state index in [4.69, 9.17) is 11.6 Å². The van der Waals surface area contributed by atoms with Crippen LogP contribution in [0, 0.1) is 0 Å². The summed E-state index contributed by atoms with van der Waals surface area (Å²) in [5, 5.41) is 3.58. The smallest absolute Gasteiger partial charge is 0.251 e. The lowest BCUT2D eigenvalue weighted by Crippen LogP contribution is -2.26. The van der Waals surface area contributed by atoms with Gasteiger partial charge in [0, 0.05) is 15.5 Å². The van der Waals surface area contributed by atoms with Crippen LogP contribution in [0.1, 0.15) is 28.9 Å². The van der Waals surface area contributed by atoms with Gasteiger partial charge in [0.15, 0.2) is 0 Å². The molecule has 0 aliphatic heterocycles. The van der Waals surface area contributed by atoms with Crippen molar-refractivity contribution in [2.45, 2.75) is 17.9 Å². The van der Waals surface area contributed by atoms with Crippen LogP contribution in [0.4, 0.5) is 0 Å². The molecule has 19 heavy (non-hydrogen) atoms. The molecular formula is C15H14ClNOS. The normalized spacial score (nSPS) is 11.9. The van der Waals surface area contributed by atoms with Crippen LogP contribution in [0.3, 0.4) is 0 Å². The number of carbonyl (C=O) groups excluding carboxylic acids is 1. The van der Waals surface area contributed by atoms with Crippen LogP contribution in [0.25, 0.3) is 0 Å². The summed E-state index contributed by atoms with van der Waals surface area (Å²) in [5.74, 6) is -0.124. The summed E-state index contributed by atoms with van der Waals surface area (Å²) < 4.78 is 0. The molecule has 2 rings (SSSR count). The van der Waals surface area contributed by atoms with Crippen molar-refractivity contribution in [1.29, 1.82) is 0 Å². The second-order valence-electron chi connectivity index (χ2n) is 4.26. The summed E-state index contributed by atoms with van der Waals surface area (Å²) in [6.45, 7) is 1.91. The molecule has 0 heterocycles. The van der Waals surface area contributed by atoms with Gasteiger partial charge in [-0.25, -0.2) is 0 Å². The fraction of sp³-hybridized carbons (Fsp3) is 0.133. The predicted molar refractivity (Wildman–Crippen MR) is 81.0 cm³/mol. The molecule has 1 unspecified atom stereocenters. The lowest BCUT2D eigenvalue weighted by Gasteiger charge is -2.15. The zero-order chi connectivity index (χ0) is 13.8. The van der Waals surface area contributed by atoms with E-state index in [1.54, 1.807) is 24.3 Å². The number of nitrogens with one attached hydrogen (secondary N) is 1. The third kappa shape index (κ3) is 3.52. The molecule has 1 N–H and O–H groups in total. The molecule has 2 aromatic carbocycles. The Morgan fingerprint density at radius 3 is 2.42 bits per heavy atom. The minimum Gasteiger partial charge on any atom is -0.345 e. The Morgan fingerprint density at radius 2 is 1.79 bits per heavy atom. The van der Waals surface area contributed by atoms with Crippen LogP contribution < -0.4 is 5.32 Å². The van der Waals surface area contributed by atoms with E-state index < -0.39 is 0 Å². The lowest BCUT2D eigenvalue weighted by molar-refractivity contribution is 0.0940. The molecule has 0 aromatic heterocycles. The fourth-order valence-corrected chi connectivity index (χ4v) is 2.25. The predicted octanol–water partition coefficient (Wildman–Crippen LogP) is 4.12. The number of halogens is 1. The van der Waals surface area contributed by atoms with Crippen molar-refractivity contribution in [2.24, 2.45) is 0 Å². The zero-order valence-electron chi connectivity index (χ0n) is 10.4. The quantitative estimate of drug-likeness (QED) is 0.819. The topological polar surface area (TPSA) is 29.1 Å². The Kier molecular flexibility index (Phi) is 4.51. The summed E-state index contributed by atoms with van der Waals surface area (Å²) in [6.07, 6.45) is 0. The standard InChI is InChI=1S/C15H14ClNOS/c1-10(13-4-2-3-5-14(13)16)17-15(18)11-6-8-12(19)9-7-11/h2-10,19H,1H3,(H,17,18). The summed E-state index contributed by atoms with van der Waals surface area (Å²) in [6, 6.07) is 14.4. The van der Waals surface area contributed by atoms with E-state index in [-0.39, 0.29) is 11.9 Å². The Morgan fingerprint density at radius 1 is 1.16 bits per heavy atom. The molecule has 0 fully saturated rings. The van der Waals surface area contributed by atoms with Gasteiger partial charge >= 0.3 is 0 Å². The van der Waals surface area contributed by atoms with Gasteiger partial charge < -0.3 is 5.32 Å². The number of carbonyl (C=O) groups is 1. The van der Waals surface area contributed by atoms with Gasteiger partial charge in [0.2, 0.25) is 0 Å². The average Bonchev–Trinajstić information content (AvgIpc) is 2.39. The molecule has 2 nitrogen and oxygen atoms in total. The highest BCUT2D eigenvalue weighted by molar-refractivity contribution is 7.80. The monoisotopic (exact) mass is 291 g/mol. The minimum atomic E-state index is -0.142. The average molecular weight is 292 g/mol. The van der Waals surface area contributed by atoms with Crippen LogP contribution >= 0.6 is 24.2 Å². The van der Waals surface area contributed by atoms with Crippen molar-refractivity contribution in [1.82, 2.24) is 5.32 Å². The number of rotatable bonds is 3. The summed E-state index contributed by atoms with van der Waals surface area (Å²) in [5.41, 5.74) is 1.51. The van der Waals surface area contributed by atoms with Crippen molar-refractivity contribution in [3.8, 4) is 0 Å². The Hall–Kier alpha value is -1.45. The third-order valence-corrected chi connectivity index (χ3v) is 3.49. The van der Waals surface area contributed by atoms with Crippen LogP contribution in [0.5, 0.6) is 0 Å². The van der Waals surface area contributed by atoms with Crippen molar-refractivity contribution in [3.63, 3.8) is 0 Å². The first-order chi connectivity index (χ1) is 9.08. The first-order valence-corrected chi connectivity index (χ1v) is 6.75. The molecule has 1 atom stereocenters. The molecular weight excluding hydrogens is 278 g/mol. The van der Waals surface area contributed by atoms with Gasteiger partial charge in [-0.15, -0.1) is 12.6 Å². The van der Waals surface area contributed by atoms with Crippen molar-refractivity contribution in [3.05, 3.63) is 64.7 Å². The Balaban J connectivity index is 2.11. The number of hydrogen-bond acceptors (Lipinski definition) is 2. The van der Waals surface area contributed by atoms with Gasteiger partial charge in [0.25, 0.3) is 5.91 Å². The molecule has 1 amide bonds.